The van der Waals surface area contributed by atoms with Crippen molar-refractivity contribution in [2.75, 3.05) is 19.6 Å². The van der Waals surface area contributed by atoms with Gasteiger partial charge in [0, 0.05) is 43.7 Å². The van der Waals surface area contributed by atoms with Crippen LogP contribution in [0.15, 0.2) is 24.4 Å². The van der Waals surface area contributed by atoms with Gasteiger partial charge < -0.3 is 15.1 Å². The van der Waals surface area contributed by atoms with Gasteiger partial charge in [-0.25, -0.2) is 0 Å². The number of likely N-dealkylation sites (tertiary alicyclic amines) is 2. The lowest BCUT2D eigenvalue weighted by Crippen LogP contribution is -2.46. The van der Waals surface area contributed by atoms with Crippen molar-refractivity contribution in [1.29, 1.82) is 0 Å². The summed E-state index contributed by atoms with van der Waals surface area (Å²) in [6, 6.07) is 5.62. The molecule has 7 heteroatoms. The Labute approximate surface area is 166 Å². The topological polar surface area (TPSA) is 82.6 Å². The van der Waals surface area contributed by atoms with E-state index in [2.05, 4.69) is 10.3 Å². The van der Waals surface area contributed by atoms with Crippen LogP contribution in [-0.2, 0) is 20.9 Å². The van der Waals surface area contributed by atoms with Crippen molar-refractivity contribution in [2.24, 2.45) is 11.8 Å². The number of pyridine rings is 1. The van der Waals surface area contributed by atoms with Crippen LogP contribution in [0.4, 0.5) is 0 Å². The molecule has 1 aromatic heterocycles. The van der Waals surface area contributed by atoms with E-state index in [1.807, 2.05) is 43.9 Å². The summed E-state index contributed by atoms with van der Waals surface area (Å²) in [4.78, 5) is 45.3. The molecule has 2 aliphatic rings. The van der Waals surface area contributed by atoms with Gasteiger partial charge >= 0.3 is 0 Å². The molecule has 1 unspecified atom stereocenters. The molecule has 0 radical (unpaired) electrons. The number of hydrogen-bond acceptors (Lipinski definition) is 4. The number of nitrogens with zero attached hydrogens (tertiary/aromatic N) is 3. The summed E-state index contributed by atoms with van der Waals surface area (Å²) in [7, 11) is 0. The van der Waals surface area contributed by atoms with E-state index in [-0.39, 0.29) is 35.1 Å². The van der Waals surface area contributed by atoms with Crippen molar-refractivity contribution in [2.45, 2.75) is 52.1 Å². The number of carbonyl (C=O) groups excluding carboxylic acids is 3. The van der Waals surface area contributed by atoms with Crippen molar-refractivity contribution < 1.29 is 14.4 Å². The molecule has 0 bridgehead atoms. The smallest absolute Gasteiger partial charge is 0.227 e. The summed E-state index contributed by atoms with van der Waals surface area (Å²) in [5.41, 5.74) is 0.572. The number of hydrogen-bond donors (Lipinski definition) is 1. The zero-order valence-corrected chi connectivity index (χ0v) is 17.0. The van der Waals surface area contributed by atoms with E-state index in [0.717, 1.165) is 5.69 Å². The van der Waals surface area contributed by atoms with E-state index >= 15 is 0 Å². The molecule has 0 spiro atoms. The second-order valence-corrected chi connectivity index (χ2v) is 8.71. The first-order chi connectivity index (χ1) is 13.3. The Hall–Kier alpha value is -2.44. The maximum atomic E-state index is 12.8. The number of piperidine rings is 1. The van der Waals surface area contributed by atoms with Crippen LogP contribution in [0.1, 0.15) is 45.7 Å². The summed E-state index contributed by atoms with van der Waals surface area (Å²) in [5.74, 6) is -0.222. The largest absolute Gasteiger partial charge is 0.350 e. The molecular formula is C21H30N4O3. The predicted octanol–water partition coefficient (Wildman–Crippen LogP) is 1.58. The van der Waals surface area contributed by atoms with Gasteiger partial charge in [0.25, 0.3) is 0 Å². The maximum absolute atomic E-state index is 12.8. The monoisotopic (exact) mass is 386 g/mol. The van der Waals surface area contributed by atoms with Crippen LogP contribution in [0.3, 0.4) is 0 Å². The number of carbonyl (C=O) groups is 3. The molecule has 3 heterocycles. The molecule has 2 saturated heterocycles. The molecule has 152 valence electrons. The first-order valence-corrected chi connectivity index (χ1v) is 10.0. The average Bonchev–Trinajstić information content (AvgIpc) is 3.08. The minimum absolute atomic E-state index is 0.0210. The number of aromatic nitrogens is 1. The Bertz CT molecular complexity index is 721. The van der Waals surface area contributed by atoms with E-state index < -0.39 is 0 Å². The van der Waals surface area contributed by atoms with Crippen LogP contribution in [-0.4, -0.2) is 57.7 Å². The lowest BCUT2D eigenvalue weighted by atomic mass is 9.94. The quantitative estimate of drug-likeness (QED) is 0.852. The Morgan fingerprint density at radius 2 is 1.89 bits per heavy atom. The van der Waals surface area contributed by atoms with Crippen LogP contribution >= 0.6 is 0 Å². The second-order valence-electron chi connectivity index (χ2n) is 8.71. The van der Waals surface area contributed by atoms with Gasteiger partial charge in [-0.3, -0.25) is 19.4 Å². The molecule has 1 N–H and O–H groups in total. The molecule has 7 nitrogen and oxygen atoms in total. The molecule has 3 amide bonds. The lowest BCUT2D eigenvalue weighted by molar-refractivity contribution is -0.139. The zero-order chi connectivity index (χ0) is 20.3. The lowest BCUT2D eigenvalue weighted by Gasteiger charge is -2.34. The first kappa shape index (κ1) is 20.3. The highest BCUT2D eigenvalue weighted by atomic mass is 16.2. The van der Waals surface area contributed by atoms with Crippen LogP contribution in [0.2, 0.25) is 0 Å². The average molecular weight is 386 g/mol. The third-order valence-electron chi connectivity index (χ3n) is 5.63. The zero-order valence-electron chi connectivity index (χ0n) is 17.0. The molecule has 1 atom stereocenters. The van der Waals surface area contributed by atoms with Gasteiger partial charge in [-0.15, -0.1) is 0 Å². The fourth-order valence-corrected chi connectivity index (χ4v) is 3.97. The number of rotatable bonds is 4. The standard InChI is InChI=1S/C21H30N4O3/c1-21(2,3)25-14-16(12-18(25)26)20(28)24-10-7-15(8-11-24)19(27)23-13-17-6-4-5-9-22-17/h4-6,9,15-16H,7-8,10-14H2,1-3H3,(H,23,27). The first-order valence-electron chi connectivity index (χ1n) is 10.0. The predicted molar refractivity (Wildman–Crippen MR) is 105 cm³/mol. The molecule has 1 aromatic rings. The molecular weight excluding hydrogens is 356 g/mol. The van der Waals surface area contributed by atoms with Crippen molar-refractivity contribution in [3.05, 3.63) is 30.1 Å². The van der Waals surface area contributed by atoms with Crippen LogP contribution in [0, 0.1) is 11.8 Å². The van der Waals surface area contributed by atoms with E-state index in [4.69, 9.17) is 0 Å². The Kier molecular flexibility index (Phi) is 6.01. The minimum atomic E-state index is -0.263. The van der Waals surface area contributed by atoms with Crippen molar-refractivity contribution in [1.82, 2.24) is 20.1 Å². The number of nitrogens with one attached hydrogen (secondary N) is 1. The summed E-state index contributed by atoms with van der Waals surface area (Å²) < 4.78 is 0. The maximum Gasteiger partial charge on any atom is 0.227 e. The van der Waals surface area contributed by atoms with Gasteiger partial charge in [0.2, 0.25) is 17.7 Å². The van der Waals surface area contributed by atoms with E-state index in [1.165, 1.54) is 0 Å². The minimum Gasteiger partial charge on any atom is -0.350 e. The highest BCUT2D eigenvalue weighted by molar-refractivity contribution is 5.90. The van der Waals surface area contributed by atoms with E-state index in [0.29, 0.717) is 45.4 Å². The molecule has 0 aliphatic carbocycles. The molecule has 3 rings (SSSR count). The Morgan fingerprint density at radius 3 is 2.46 bits per heavy atom. The van der Waals surface area contributed by atoms with Gasteiger partial charge in [-0.1, -0.05) is 6.07 Å². The summed E-state index contributed by atoms with van der Waals surface area (Å²) in [6.07, 6.45) is 3.31. The van der Waals surface area contributed by atoms with Crippen molar-refractivity contribution >= 4 is 17.7 Å². The van der Waals surface area contributed by atoms with Gasteiger partial charge in [0.05, 0.1) is 18.2 Å². The van der Waals surface area contributed by atoms with Gasteiger partial charge in [-0.2, -0.15) is 0 Å². The third-order valence-corrected chi connectivity index (χ3v) is 5.63. The highest BCUT2D eigenvalue weighted by Crippen LogP contribution is 2.28. The third kappa shape index (κ3) is 4.69. The van der Waals surface area contributed by atoms with Gasteiger partial charge in [-0.05, 0) is 45.7 Å². The number of amides is 3. The summed E-state index contributed by atoms with van der Waals surface area (Å²) in [5, 5.41) is 2.94. The summed E-state index contributed by atoms with van der Waals surface area (Å²) >= 11 is 0. The molecule has 0 aromatic carbocycles. The van der Waals surface area contributed by atoms with Crippen molar-refractivity contribution in [3.8, 4) is 0 Å². The Morgan fingerprint density at radius 1 is 1.18 bits per heavy atom. The molecule has 28 heavy (non-hydrogen) atoms. The molecule has 0 saturated carbocycles. The fraction of sp³-hybridized carbons (Fsp3) is 0.619. The van der Waals surface area contributed by atoms with E-state index in [9.17, 15) is 14.4 Å². The highest BCUT2D eigenvalue weighted by Gasteiger charge is 2.41. The Balaban J connectivity index is 1.46. The second kappa shape index (κ2) is 8.29. The SMILES string of the molecule is CC(C)(C)N1CC(C(=O)N2CCC(C(=O)NCc3ccccn3)CC2)CC1=O. The van der Waals surface area contributed by atoms with Crippen LogP contribution in [0.5, 0.6) is 0 Å². The fourth-order valence-electron chi connectivity index (χ4n) is 3.97. The van der Waals surface area contributed by atoms with E-state index in [1.54, 1.807) is 11.1 Å². The van der Waals surface area contributed by atoms with Crippen molar-refractivity contribution in [3.63, 3.8) is 0 Å². The van der Waals surface area contributed by atoms with Gasteiger partial charge in [0.1, 0.15) is 0 Å². The summed E-state index contributed by atoms with van der Waals surface area (Å²) in [6.45, 7) is 8.03. The molecule has 2 fully saturated rings. The van der Waals surface area contributed by atoms with Gasteiger partial charge in [0.15, 0.2) is 0 Å². The normalized spacial score (nSPS) is 21.1. The van der Waals surface area contributed by atoms with Crippen LogP contribution < -0.4 is 5.32 Å². The van der Waals surface area contributed by atoms with Crippen LogP contribution in [0.25, 0.3) is 0 Å². The molecule has 2 aliphatic heterocycles.